The van der Waals surface area contributed by atoms with E-state index in [0.717, 1.165) is 38.8 Å². The third kappa shape index (κ3) is 4.17. The van der Waals surface area contributed by atoms with Crippen LogP contribution in [0.4, 0.5) is 0 Å². The van der Waals surface area contributed by atoms with Gasteiger partial charge in [-0.1, -0.05) is 44.7 Å². The van der Waals surface area contributed by atoms with E-state index in [9.17, 15) is 4.79 Å². The molecule has 1 aliphatic rings. The lowest BCUT2D eigenvalue weighted by atomic mass is 9.89. The zero-order valence-corrected chi connectivity index (χ0v) is 11.5. The summed E-state index contributed by atoms with van der Waals surface area (Å²) in [6.07, 6.45) is 10.7. The van der Waals surface area contributed by atoms with Gasteiger partial charge >= 0.3 is 0 Å². The number of piperidine rings is 1. The lowest BCUT2D eigenvalue weighted by Crippen LogP contribution is -2.40. The second-order valence-corrected chi connectivity index (χ2v) is 4.89. The van der Waals surface area contributed by atoms with E-state index in [2.05, 4.69) is 20.1 Å². The summed E-state index contributed by atoms with van der Waals surface area (Å²) in [5.74, 6) is 0.739. The lowest BCUT2D eigenvalue weighted by Gasteiger charge is -2.33. The quantitative estimate of drug-likeness (QED) is 0.655. The fourth-order valence-corrected chi connectivity index (χ4v) is 2.47. The molecule has 1 saturated heterocycles. The lowest BCUT2D eigenvalue weighted by molar-refractivity contribution is -0.132. The van der Waals surface area contributed by atoms with Crippen molar-refractivity contribution in [2.24, 2.45) is 5.92 Å². The summed E-state index contributed by atoms with van der Waals surface area (Å²) >= 11 is 0. The molecule has 0 aromatic heterocycles. The summed E-state index contributed by atoms with van der Waals surface area (Å²) in [6, 6.07) is 0. The first-order valence-electron chi connectivity index (χ1n) is 6.95. The fourth-order valence-electron chi connectivity index (χ4n) is 2.47. The number of allylic oxidation sites excluding steroid dienone is 3. The van der Waals surface area contributed by atoms with Crippen molar-refractivity contribution in [1.29, 1.82) is 0 Å². The number of amides is 1. The maximum Gasteiger partial charge on any atom is 0.222 e. The molecule has 1 heterocycles. The Balaban J connectivity index is 2.60. The van der Waals surface area contributed by atoms with Gasteiger partial charge in [0.15, 0.2) is 0 Å². The average Bonchev–Trinajstić information content (AvgIpc) is 2.42. The number of rotatable bonds is 6. The van der Waals surface area contributed by atoms with Crippen molar-refractivity contribution in [3.63, 3.8) is 0 Å². The molecule has 18 heavy (non-hydrogen) atoms. The van der Waals surface area contributed by atoms with Gasteiger partial charge in [-0.2, -0.15) is 0 Å². The van der Waals surface area contributed by atoms with E-state index in [1.54, 1.807) is 6.08 Å². The third-order valence-electron chi connectivity index (χ3n) is 3.54. The van der Waals surface area contributed by atoms with Crippen LogP contribution in [0, 0.1) is 5.92 Å². The van der Waals surface area contributed by atoms with Crippen molar-refractivity contribution >= 4 is 5.91 Å². The van der Waals surface area contributed by atoms with Crippen LogP contribution in [0.3, 0.4) is 0 Å². The van der Waals surface area contributed by atoms with Crippen LogP contribution in [0.25, 0.3) is 0 Å². The molecule has 1 rings (SSSR count). The zero-order chi connectivity index (χ0) is 13.4. The van der Waals surface area contributed by atoms with Gasteiger partial charge in [0.25, 0.3) is 0 Å². The first-order valence-corrected chi connectivity index (χ1v) is 6.95. The Kier molecular flexibility index (Phi) is 6.48. The minimum absolute atomic E-state index is 0.309. The van der Waals surface area contributed by atoms with Crippen LogP contribution in [0.5, 0.6) is 0 Å². The normalized spacial score (nSPS) is 20.6. The van der Waals surface area contributed by atoms with E-state index >= 15 is 0 Å². The van der Waals surface area contributed by atoms with Gasteiger partial charge in [-0.15, -0.1) is 0 Å². The molecule has 0 saturated carbocycles. The minimum Gasteiger partial charge on any atom is -0.342 e. The number of hydrogen-bond donors (Lipinski definition) is 0. The first-order chi connectivity index (χ1) is 8.72. The molecule has 1 aliphatic heterocycles. The summed E-state index contributed by atoms with van der Waals surface area (Å²) in [6.45, 7) is 11.5. The van der Waals surface area contributed by atoms with Crippen molar-refractivity contribution in [3.05, 3.63) is 37.0 Å². The maximum absolute atomic E-state index is 12.0. The molecule has 0 spiro atoms. The predicted molar refractivity (Wildman–Crippen MR) is 77.3 cm³/mol. The van der Waals surface area contributed by atoms with E-state index in [1.807, 2.05) is 17.1 Å². The van der Waals surface area contributed by atoms with Gasteiger partial charge in [-0.3, -0.25) is 4.79 Å². The highest BCUT2D eigenvalue weighted by molar-refractivity contribution is 5.76. The number of unbranched alkanes of at least 4 members (excludes halogenated alkanes) is 1. The molecule has 100 valence electrons. The molecule has 0 aromatic carbocycles. The van der Waals surface area contributed by atoms with Crippen molar-refractivity contribution in [2.75, 3.05) is 13.1 Å². The molecule has 1 unspecified atom stereocenters. The van der Waals surface area contributed by atoms with Gasteiger partial charge < -0.3 is 4.90 Å². The van der Waals surface area contributed by atoms with Gasteiger partial charge in [-0.05, 0) is 24.8 Å². The second-order valence-electron chi connectivity index (χ2n) is 4.89. The predicted octanol–water partition coefficient (Wildman–Crippen LogP) is 3.71. The molecule has 1 atom stereocenters. The average molecular weight is 247 g/mol. The van der Waals surface area contributed by atoms with Crippen molar-refractivity contribution < 1.29 is 4.79 Å². The van der Waals surface area contributed by atoms with Crippen LogP contribution in [0.1, 0.15) is 39.0 Å². The second kappa shape index (κ2) is 7.91. The Hall–Kier alpha value is -1.31. The molecule has 0 aliphatic carbocycles. The summed E-state index contributed by atoms with van der Waals surface area (Å²) < 4.78 is 0. The van der Waals surface area contributed by atoms with Crippen LogP contribution >= 0.6 is 0 Å². The minimum atomic E-state index is 0.309. The largest absolute Gasteiger partial charge is 0.342 e. The standard InChI is InChI=1S/C16H25NO/c1-4-7-11-16(18)17-12-8-10-15(13-17)14(6-3)9-5-2/h5-6,9,15H,2-4,7-8,10-13H2,1H3/b14-9+. The molecule has 0 aromatic rings. The van der Waals surface area contributed by atoms with Gasteiger partial charge in [0, 0.05) is 25.4 Å². The highest BCUT2D eigenvalue weighted by Gasteiger charge is 2.24. The SMILES string of the molecule is C=C/C=C(\C=C)C1CCCN(C(=O)CCCC)C1. The highest BCUT2D eigenvalue weighted by Crippen LogP contribution is 2.25. The number of hydrogen-bond acceptors (Lipinski definition) is 1. The molecule has 1 fully saturated rings. The molecule has 1 amide bonds. The summed E-state index contributed by atoms with van der Waals surface area (Å²) in [7, 11) is 0. The molecule has 0 N–H and O–H groups in total. The van der Waals surface area contributed by atoms with E-state index in [4.69, 9.17) is 0 Å². The summed E-state index contributed by atoms with van der Waals surface area (Å²) in [4.78, 5) is 14.0. The van der Waals surface area contributed by atoms with E-state index in [-0.39, 0.29) is 0 Å². The molecular formula is C16H25NO. The van der Waals surface area contributed by atoms with Crippen LogP contribution in [-0.2, 0) is 4.79 Å². The summed E-state index contributed by atoms with van der Waals surface area (Å²) in [5.41, 5.74) is 1.21. The van der Waals surface area contributed by atoms with E-state index in [0.29, 0.717) is 18.2 Å². The maximum atomic E-state index is 12.0. The molecule has 0 bridgehead atoms. The summed E-state index contributed by atoms with van der Waals surface area (Å²) in [5, 5.41) is 0. The first kappa shape index (κ1) is 14.7. The Labute approximate surface area is 111 Å². The molecular weight excluding hydrogens is 222 g/mol. The van der Waals surface area contributed by atoms with Gasteiger partial charge in [0.2, 0.25) is 5.91 Å². The monoisotopic (exact) mass is 247 g/mol. The van der Waals surface area contributed by atoms with Crippen molar-refractivity contribution in [1.82, 2.24) is 4.90 Å². The number of nitrogens with zero attached hydrogens (tertiary/aromatic N) is 1. The Bertz CT molecular complexity index is 330. The number of likely N-dealkylation sites (tertiary alicyclic amines) is 1. The Morgan fingerprint density at radius 2 is 2.22 bits per heavy atom. The fraction of sp³-hybridized carbons (Fsp3) is 0.562. The van der Waals surface area contributed by atoms with E-state index < -0.39 is 0 Å². The smallest absolute Gasteiger partial charge is 0.222 e. The van der Waals surface area contributed by atoms with Crippen LogP contribution in [0.2, 0.25) is 0 Å². The third-order valence-corrected chi connectivity index (χ3v) is 3.54. The number of carbonyl (C=O) groups excluding carboxylic acids is 1. The Morgan fingerprint density at radius 1 is 1.44 bits per heavy atom. The topological polar surface area (TPSA) is 20.3 Å². The van der Waals surface area contributed by atoms with Crippen molar-refractivity contribution in [2.45, 2.75) is 39.0 Å². The number of carbonyl (C=O) groups is 1. The van der Waals surface area contributed by atoms with Crippen LogP contribution < -0.4 is 0 Å². The van der Waals surface area contributed by atoms with Gasteiger partial charge in [-0.25, -0.2) is 0 Å². The molecule has 2 nitrogen and oxygen atoms in total. The molecule has 0 radical (unpaired) electrons. The van der Waals surface area contributed by atoms with Gasteiger partial charge in [0.05, 0.1) is 0 Å². The van der Waals surface area contributed by atoms with E-state index in [1.165, 1.54) is 5.57 Å². The Morgan fingerprint density at radius 3 is 2.83 bits per heavy atom. The van der Waals surface area contributed by atoms with Crippen LogP contribution in [0.15, 0.2) is 37.0 Å². The zero-order valence-electron chi connectivity index (χ0n) is 11.5. The molecule has 2 heteroatoms. The van der Waals surface area contributed by atoms with Crippen molar-refractivity contribution in [3.8, 4) is 0 Å². The van der Waals surface area contributed by atoms with Gasteiger partial charge in [0.1, 0.15) is 0 Å². The highest BCUT2D eigenvalue weighted by atomic mass is 16.2. The van der Waals surface area contributed by atoms with Crippen LogP contribution in [-0.4, -0.2) is 23.9 Å².